The van der Waals surface area contributed by atoms with Gasteiger partial charge in [-0.05, 0) is 54.6 Å². The van der Waals surface area contributed by atoms with Gasteiger partial charge in [-0.25, -0.2) is 0 Å². The van der Waals surface area contributed by atoms with E-state index < -0.39 is 0 Å². The van der Waals surface area contributed by atoms with Gasteiger partial charge in [0.05, 0.1) is 0 Å². The van der Waals surface area contributed by atoms with Crippen molar-refractivity contribution < 1.29 is 0 Å². The Hall–Kier alpha value is -0.120. The molecule has 0 saturated heterocycles. The Bertz CT molecular complexity index is 115. The van der Waals surface area contributed by atoms with E-state index in [0.29, 0.717) is 6.04 Å². The molecule has 0 rings (SSSR count). The lowest BCUT2D eigenvalue weighted by molar-refractivity contribution is 0.239. The Labute approximate surface area is 83.1 Å². The molecule has 0 fully saturated rings. The summed E-state index contributed by atoms with van der Waals surface area (Å²) >= 11 is 0. The molecule has 0 aliphatic rings. The average Bonchev–Trinajstić information content (AvgIpc) is 2.04. The summed E-state index contributed by atoms with van der Waals surface area (Å²) in [5.41, 5.74) is 0. The van der Waals surface area contributed by atoms with Gasteiger partial charge >= 0.3 is 0 Å². The molecule has 0 aromatic carbocycles. The minimum absolute atomic E-state index is 0.632. The number of rotatable bonds is 7. The molecule has 0 radical (unpaired) electrons. The standard InChI is InChI=1S/C10H25N3/c1-10(9-11-2)13(5)8-6-7-12(3)4/h10-11H,6-9H2,1-5H3. The molecule has 0 spiro atoms. The first kappa shape index (κ1) is 12.9. The highest BCUT2D eigenvalue weighted by molar-refractivity contribution is 4.65. The second-order valence-electron chi connectivity index (χ2n) is 4.04. The smallest absolute Gasteiger partial charge is 0.0189 e. The number of hydrogen-bond donors (Lipinski definition) is 1. The molecule has 1 unspecified atom stereocenters. The van der Waals surface area contributed by atoms with Gasteiger partial charge in [0.2, 0.25) is 0 Å². The molecule has 0 aromatic heterocycles. The fourth-order valence-corrected chi connectivity index (χ4v) is 1.31. The molecule has 80 valence electrons. The van der Waals surface area contributed by atoms with Crippen LogP contribution in [0.4, 0.5) is 0 Å². The van der Waals surface area contributed by atoms with Crippen molar-refractivity contribution in [3.63, 3.8) is 0 Å². The van der Waals surface area contributed by atoms with Crippen molar-refractivity contribution in [2.24, 2.45) is 0 Å². The van der Waals surface area contributed by atoms with Crippen molar-refractivity contribution >= 4 is 0 Å². The van der Waals surface area contributed by atoms with Crippen LogP contribution in [0.3, 0.4) is 0 Å². The number of nitrogens with zero attached hydrogens (tertiary/aromatic N) is 2. The Balaban J connectivity index is 3.43. The zero-order valence-electron chi connectivity index (χ0n) is 9.80. The van der Waals surface area contributed by atoms with E-state index in [0.717, 1.165) is 6.54 Å². The van der Waals surface area contributed by atoms with Crippen molar-refractivity contribution in [2.45, 2.75) is 19.4 Å². The second-order valence-corrected chi connectivity index (χ2v) is 4.04. The molecular weight excluding hydrogens is 162 g/mol. The van der Waals surface area contributed by atoms with Gasteiger partial charge in [0.1, 0.15) is 0 Å². The highest BCUT2D eigenvalue weighted by Gasteiger charge is 2.06. The topological polar surface area (TPSA) is 18.5 Å². The summed E-state index contributed by atoms with van der Waals surface area (Å²) in [6.07, 6.45) is 1.25. The Morgan fingerprint density at radius 2 is 1.77 bits per heavy atom. The molecule has 1 atom stereocenters. The minimum atomic E-state index is 0.632. The van der Waals surface area contributed by atoms with E-state index in [1.807, 2.05) is 7.05 Å². The fraction of sp³-hybridized carbons (Fsp3) is 1.00. The van der Waals surface area contributed by atoms with Crippen molar-refractivity contribution in [1.82, 2.24) is 15.1 Å². The summed E-state index contributed by atoms with van der Waals surface area (Å²) in [4.78, 5) is 4.64. The van der Waals surface area contributed by atoms with Crippen LogP contribution in [-0.4, -0.2) is 63.7 Å². The maximum Gasteiger partial charge on any atom is 0.0189 e. The van der Waals surface area contributed by atoms with Crippen LogP contribution in [0.5, 0.6) is 0 Å². The largest absolute Gasteiger partial charge is 0.318 e. The van der Waals surface area contributed by atoms with E-state index in [-0.39, 0.29) is 0 Å². The van der Waals surface area contributed by atoms with Gasteiger partial charge in [0.15, 0.2) is 0 Å². The van der Waals surface area contributed by atoms with Gasteiger partial charge < -0.3 is 15.1 Å². The summed E-state index contributed by atoms with van der Waals surface area (Å²) in [6, 6.07) is 0.632. The van der Waals surface area contributed by atoms with Crippen molar-refractivity contribution in [3.05, 3.63) is 0 Å². The monoisotopic (exact) mass is 187 g/mol. The van der Waals surface area contributed by atoms with E-state index in [1.165, 1.54) is 19.5 Å². The quantitative estimate of drug-likeness (QED) is 0.625. The molecule has 0 heterocycles. The van der Waals surface area contributed by atoms with Crippen molar-refractivity contribution in [1.29, 1.82) is 0 Å². The third kappa shape index (κ3) is 6.99. The predicted molar refractivity (Wildman–Crippen MR) is 59.2 cm³/mol. The third-order valence-electron chi connectivity index (χ3n) is 2.37. The van der Waals surface area contributed by atoms with Crippen LogP contribution < -0.4 is 5.32 Å². The zero-order chi connectivity index (χ0) is 10.3. The molecular formula is C10H25N3. The van der Waals surface area contributed by atoms with Gasteiger partial charge in [0.25, 0.3) is 0 Å². The molecule has 0 bridgehead atoms. The van der Waals surface area contributed by atoms with E-state index >= 15 is 0 Å². The van der Waals surface area contributed by atoms with Crippen LogP contribution in [0.15, 0.2) is 0 Å². The second kappa shape index (κ2) is 7.30. The van der Waals surface area contributed by atoms with Gasteiger partial charge in [-0.3, -0.25) is 0 Å². The first-order valence-electron chi connectivity index (χ1n) is 5.07. The minimum Gasteiger partial charge on any atom is -0.318 e. The van der Waals surface area contributed by atoms with E-state index in [4.69, 9.17) is 0 Å². The van der Waals surface area contributed by atoms with Crippen LogP contribution in [0, 0.1) is 0 Å². The Morgan fingerprint density at radius 3 is 2.23 bits per heavy atom. The van der Waals surface area contributed by atoms with Crippen LogP contribution in [-0.2, 0) is 0 Å². The molecule has 0 aromatic rings. The molecule has 3 nitrogen and oxygen atoms in total. The van der Waals surface area contributed by atoms with E-state index in [2.05, 4.69) is 43.2 Å². The molecule has 13 heavy (non-hydrogen) atoms. The van der Waals surface area contributed by atoms with E-state index in [1.54, 1.807) is 0 Å². The molecule has 0 aliphatic carbocycles. The Kier molecular flexibility index (Phi) is 7.23. The van der Waals surface area contributed by atoms with Crippen LogP contribution in [0.1, 0.15) is 13.3 Å². The predicted octanol–water partition coefficient (Wildman–Crippen LogP) is 0.478. The normalized spacial score (nSPS) is 14.1. The zero-order valence-corrected chi connectivity index (χ0v) is 9.80. The lowest BCUT2D eigenvalue weighted by Gasteiger charge is -2.24. The van der Waals surface area contributed by atoms with Gasteiger partial charge in [-0.2, -0.15) is 0 Å². The lowest BCUT2D eigenvalue weighted by atomic mass is 10.2. The lowest BCUT2D eigenvalue weighted by Crippen LogP contribution is -2.37. The molecule has 3 heteroatoms. The summed E-state index contributed by atoms with van der Waals surface area (Å²) < 4.78 is 0. The first-order valence-corrected chi connectivity index (χ1v) is 5.07. The molecule has 0 aliphatic heterocycles. The number of likely N-dealkylation sites (N-methyl/N-ethyl adjacent to an activating group) is 2. The highest BCUT2D eigenvalue weighted by Crippen LogP contribution is 1.95. The Morgan fingerprint density at radius 1 is 1.15 bits per heavy atom. The summed E-state index contributed by atoms with van der Waals surface area (Å²) in [7, 11) is 8.44. The van der Waals surface area contributed by atoms with Crippen molar-refractivity contribution in [2.75, 3.05) is 47.8 Å². The maximum absolute atomic E-state index is 3.20. The maximum atomic E-state index is 3.20. The van der Waals surface area contributed by atoms with Crippen LogP contribution in [0.25, 0.3) is 0 Å². The van der Waals surface area contributed by atoms with Crippen LogP contribution in [0.2, 0.25) is 0 Å². The first-order chi connectivity index (χ1) is 6.07. The van der Waals surface area contributed by atoms with E-state index in [9.17, 15) is 0 Å². The summed E-state index contributed by atoms with van der Waals surface area (Å²) in [5, 5.41) is 3.20. The van der Waals surface area contributed by atoms with Gasteiger partial charge in [-0.1, -0.05) is 0 Å². The molecule has 1 N–H and O–H groups in total. The summed E-state index contributed by atoms with van der Waals surface area (Å²) in [5.74, 6) is 0. The molecule has 0 amide bonds. The van der Waals surface area contributed by atoms with Gasteiger partial charge in [-0.15, -0.1) is 0 Å². The number of hydrogen-bond acceptors (Lipinski definition) is 3. The van der Waals surface area contributed by atoms with Gasteiger partial charge in [0, 0.05) is 12.6 Å². The number of nitrogens with one attached hydrogen (secondary N) is 1. The van der Waals surface area contributed by atoms with Crippen LogP contribution >= 0.6 is 0 Å². The SMILES string of the molecule is CNCC(C)N(C)CCCN(C)C. The summed E-state index contributed by atoms with van der Waals surface area (Å²) in [6.45, 7) is 5.68. The third-order valence-corrected chi connectivity index (χ3v) is 2.37. The highest BCUT2D eigenvalue weighted by atomic mass is 15.1. The molecule has 0 saturated carbocycles. The fourth-order valence-electron chi connectivity index (χ4n) is 1.31. The van der Waals surface area contributed by atoms with Crippen molar-refractivity contribution in [3.8, 4) is 0 Å². The average molecular weight is 187 g/mol.